The summed E-state index contributed by atoms with van der Waals surface area (Å²) < 4.78 is 0. The summed E-state index contributed by atoms with van der Waals surface area (Å²) in [7, 11) is 0. The number of benzene rings is 2. The summed E-state index contributed by atoms with van der Waals surface area (Å²) in [6.07, 6.45) is 3.08. The standard InChI is InChI=1S/C19H25N/c1-14-8-9-16(3)18(12-14)13-19(20)11-10-17-7-5-4-6-15(17)2/h4-9,12,19H,10-11,13,20H2,1-3H3. The van der Waals surface area contributed by atoms with E-state index in [9.17, 15) is 0 Å². The molecule has 1 atom stereocenters. The van der Waals surface area contributed by atoms with Crippen molar-refractivity contribution in [2.75, 3.05) is 0 Å². The Morgan fingerprint density at radius 1 is 0.900 bits per heavy atom. The van der Waals surface area contributed by atoms with Crippen molar-refractivity contribution < 1.29 is 0 Å². The second kappa shape index (κ2) is 6.71. The molecule has 0 fully saturated rings. The van der Waals surface area contributed by atoms with Crippen molar-refractivity contribution in [3.63, 3.8) is 0 Å². The maximum absolute atomic E-state index is 6.32. The number of hydrogen-bond donors (Lipinski definition) is 1. The van der Waals surface area contributed by atoms with Gasteiger partial charge in [-0.2, -0.15) is 0 Å². The minimum absolute atomic E-state index is 0.232. The van der Waals surface area contributed by atoms with Crippen molar-refractivity contribution in [1.82, 2.24) is 0 Å². The van der Waals surface area contributed by atoms with Crippen LogP contribution in [0.3, 0.4) is 0 Å². The first-order chi connectivity index (χ1) is 9.56. The molecule has 106 valence electrons. The number of hydrogen-bond acceptors (Lipinski definition) is 1. The summed E-state index contributed by atoms with van der Waals surface area (Å²) in [5, 5.41) is 0. The first kappa shape index (κ1) is 14.8. The third kappa shape index (κ3) is 3.94. The minimum Gasteiger partial charge on any atom is -0.327 e. The highest BCUT2D eigenvalue weighted by molar-refractivity contribution is 5.31. The van der Waals surface area contributed by atoms with Crippen molar-refractivity contribution in [2.24, 2.45) is 5.73 Å². The summed E-state index contributed by atoms with van der Waals surface area (Å²) in [4.78, 5) is 0. The van der Waals surface area contributed by atoms with E-state index in [0.29, 0.717) is 0 Å². The Morgan fingerprint density at radius 2 is 1.60 bits per heavy atom. The zero-order chi connectivity index (χ0) is 14.5. The molecule has 0 saturated carbocycles. The summed E-state index contributed by atoms with van der Waals surface area (Å²) >= 11 is 0. The van der Waals surface area contributed by atoms with Crippen LogP contribution in [0.15, 0.2) is 42.5 Å². The minimum atomic E-state index is 0.232. The fourth-order valence-electron chi connectivity index (χ4n) is 2.64. The van der Waals surface area contributed by atoms with Crippen LogP contribution in [0.1, 0.15) is 34.2 Å². The van der Waals surface area contributed by atoms with E-state index in [1.165, 1.54) is 27.8 Å². The predicted molar refractivity (Wildman–Crippen MR) is 87.1 cm³/mol. The summed E-state index contributed by atoms with van der Waals surface area (Å²) in [6, 6.07) is 15.4. The molecule has 0 aliphatic carbocycles. The molecule has 0 saturated heterocycles. The van der Waals surface area contributed by atoms with Crippen LogP contribution in [-0.4, -0.2) is 6.04 Å². The number of rotatable bonds is 5. The van der Waals surface area contributed by atoms with Crippen LogP contribution in [0.4, 0.5) is 0 Å². The third-order valence-electron chi connectivity index (χ3n) is 4.03. The lowest BCUT2D eigenvalue weighted by Crippen LogP contribution is -2.24. The van der Waals surface area contributed by atoms with Crippen molar-refractivity contribution >= 4 is 0 Å². The smallest absolute Gasteiger partial charge is 0.00825 e. The van der Waals surface area contributed by atoms with Gasteiger partial charge in [0, 0.05) is 6.04 Å². The number of nitrogens with two attached hydrogens (primary N) is 1. The van der Waals surface area contributed by atoms with E-state index >= 15 is 0 Å². The van der Waals surface area contributed by atoms with Gasteiger partial charge in [-0.25, -0.2) is 0 Å². The molecule has 2 aromatic carbocycles. The Bertz CT molecular complexity index is 572. The van der Waals surface area contributed by atoms with Gasteiger partial charge in [0.1, 0.15) is 0 Å². The van der Waals surface area contributed by atoms with Gasteiger partial charge in [-0.1, -0.05) is 48.0 Å². The molecule has 1 unspecified atom stereocenters. The summed E-state index contributed by atoms with van der Waals surface area (Å²) in [6.45, 7) is 6.48. The zero-order valence-electron chi connectivity index (χ0n) is 12.8. The van der Waals surface area contributed by atoms with E-state index < -0.39 is 0 Å². The van der Waals surface area contributed by atoms with Gasteiger partial charge < -0.3 is 5.73 Å². The highest BCUT2D eigenvalue weighted by atomic mass is 14.6. The molecule has 0 aliphatic rings. The van der Waals surface area contributed by atoms with E-state index in [2.05, 4.69) is 63.2 Å². The van der Waals surface area contributed by atoms with E-state index in [-0.39, 0.29) is 6.04 Å². The van der Waals surface area contributed by atoms with Gasteiger partial charge in [0.2, 0.25) is 0 Å². The van der Waals surface area contributed by atoms with Crippen LogP contribution in [0.5, 0.6) is 0 Å². The molecule has 2 rings (SSSR count). The molecular formula is C19H25N. The fraction of sp³-hybridized carbons (Fsp3) is 0.368. The highest BCUT2D eigenvalue weighted by Crippen LogP contribution is 2.15. The van der Waals surface area contributed by atoms with Gasteiger partial charge in [0.25, 0.3) is 0 Å². The van der Waals surface area contributed by atoms with Crippen LogP contribution >= 0.6 is 0 Å². The molecule has 2 N–H and O–H groups in total. The quantitative estimate of drug-likeness (QED) is 0.866. The normalized spacial score (nSPS) is 12.4. The van der Waals surface area contributed by atoms with Gasteiger partial charge in [0.15, 0.2) is 0 Å². The lowest BCUT2D eigenvalue weighted by molar-refractivity contribution is 0.608. The Hall–Kier alpha value is -1.60. The van der Waals surface area contributed by atoms with E-state index in [1.807, 2.05) is 0 Å². The first-order valence-electron chi connectivity index (χ1n) is 7.42. The first-order valence-corrected chi connectivity index (χ1v) is 7.42. The van der Waals surface area contributed by atoms with Gasteiger partial charge >= 0.3 is 0 Å². The molecule has 0 bridgehead atoms. The Labute approximate surface area is 122 Å². The average Bonchev–Trinajstić information content (AvgIpc) is 2.42. The third-order valence-corrected chi connectivity index (χ3v) is 4.03. The average molecular weight is 267 g/mol. The van der Waals surface area contributed by atoms with Crippen LogP contribution < -0.4 is 5.73 Å². The summed E-state index contributed by atoms with van der Waals surface area (Å²) in [5.74, 6) is 0. The maximum atomic E-state index is 6.32. The van der Waals surface area contributed by atoms with Crippen molar-refractivity contribution in [1.29, 1.82) is 0 Å². The molecule has 0 heterocycles. The van der Waals surface area contributed by atoms with E-state index in [1.54, 1.807) is 0 Å². The Morgan fingerprint density at radius 3 is 2.35 bits per heavy atom. The second-order valence-corrected chi connectivity index (χ2v) is 5.86. The van der Waals surface area contributed by atoms with Gasteiger partial charge in [-0.15, -0.1) is 0 Å². The monoisotopic (exact) mass is 267 g/mol. The molecule has 0 aromatic heterocycles. The molecule has 0 radical (unpaired) electrons. The zero-order valence-corrected chi connectivity index (χ0v) is 12.8. The lowest BCUT2D eigenvalue weighted by atomic mass is 9.95. The van der Waals surface area contributed by atoms with Crippen LogP contribution in [-0.2, 0) is 12.8 Å². The predicted octanol–water partition coefficient (Wildman–Crippen LogP) is 4.11. The Balaban J connectivity index is 1.94. The largest absolute Gasteiger partial charge is 0.327 e. The van der Waals surface area contributed by atoms with Crippen LogP contribution in [0, 0.1) is 20.8 Å². The van der Waals surface area contributed by atoms with Crippen LogP contribution in [0.25, 0.3) is 0 Å². The highest BCUT2D eigenvalue weighted by Gasteiger charge is 2.08. The molecule has 0 spiro atoms. The van der Waals surface area contributed by atoms with Gasteiger partial charge in [-0.05, 0) is 62.3 Å². The maximum Gasteiger partial charge on any atom is 0.00825 e. The van der Waals surface area contributed by atoms with Gasteiger partial charge in [-0.3, -0.25) is 0 Å². The molecule has 1 nitrogen and oxygen atoms in total. The molecule has 1 heteroatoms. The Kier molecular flexibility index (Phi) is 4.97. The molecular weight excluding hydrogens is 242 g/mol. The van der Waals surface area contributed by atoms with Crippen molar-refractivity contribution in [2.45, 2.75) is 46.1 Å². The molecule has 0 amide bonds. The van der Waals surface area contributed by atoms with Gasteiger partial charge in [0.05, 0.1) is 0 Å². The number of aryl methyl sites for hydroxylation is 4. The molecule has 20 heavy (non-hydrogen) atoms. The van der Waals surface area contributed by atoms with Crippen LogP contribution in [0.2, 0.25) is 0 Å². The fourth-order valence-corrected chi connectivity index (χ4v) is 2.64. The van der Waals surface area contributed by atoms with E-state index in [4.69, 9.17) is 5.73 Å². The van der Waals surface area contributed by atoms with Crippen molar-refractivity contribution in [3.8, 4) is 0 Å². The topological polar surface area (TPSA) is 26.0 Å². The summed E-state index contributed by atoms with van der Waals surface area (Å²) in [5.41, 5.74) is 13.2. The lowest BCUT2D eigenvalue weighted by Gasteiger charge is -2.15. The second-order valence-electron chi connectivity index (χ2n) is 5.86. The molecule has 0 aliphatic heterocycles. The van der Waals surface area contributed by atoms with Crippen molar-refractivity contribution in [3.05, 3.63) is 70.3 Å². The molecule has 2 aromatic rings. The SMILES string of the molecule is Cc1ccc(C)c(CC(N)CCc2ccccc2C)c1. The van der Waals surface area contributed by atoms with E-state index in [0.717, 1.165) is 19.3 Å².